The molecule has 1 nitrogen and oxygen atoms in total. The van der Waals surface area contributed by atoms with Crippen molar-refractivity contribution in [3.8, 4) is 5.75 Å². The maximum Gasteiger partial charge on any atom is 1.00 e. The Morgan fingerprint density at radius 1 is 1.09 bits per heavy atom. The number of phenolic OH excluding ortho intramolecular Hbond substituents is 1. The molecule has 0 unspecified atom stereocenters. The van der Waals surface area contributed by atoms with Gasteiger partial charge in [0.05, 0.1) is 3.57 Å². The standard InChI is InChI=1S/C6H3I3O.Na.H/c7-3-1-2-4(10)6(9)5(3)8;;/h1-2,10H;;/q;+1;-1. The van der Waals surface area contributed by atoms with E-state index in [2.05, 4.69) is 67.8 Å². The summed E-state index contributed by atoms with van der Waals surface area (Å²) in [7, 11) is 0. The minimum atomic E-state index is 0. The van der Waals surface area contributed by atoms with Crippen molar-refractivity contribution >= 4 is 67.8 Å². The number of hydrogen-bond donors (Lipinski definition) is 1. The van der Waals surface area contributed by atoms with E-state index >= 15 is 0 Å². The third kappa shape index (κ3) is 3.45. The van der Waals surface area contributed by atoms with E-state index in [1.807, 2.05) is 6.07 Å². The molecule has 0 atom stereocenters. The molecule has 5 heteroatoms. The Morgan fingerprint density at radius 2 is 1.64 bits per heavy atom. The molecule has 0 saturated heterocycles. The number of halogens is 3. The largest absolute Gasteiger partial charge is 1.00 e. The quantitative estimate of drug-likeness (QED) is 0.312. The van der Waals surface area contributed by atoms with E-state index in [-0.39, 0.29) is 31.0 Å². The van der Waals surface area contributed by atoms with Gasteiger partial charge in [-0.2, -0.15) is 0 Å². The first kappa shape index (κ1) is 13.2. The van der Waals surface area contributed by atoms with Gasteiger partial charge in [-0.25, -0.2) is 0 Å². The first-order valence-electron chi connectivity index (χ1n) is 2.45. The van der Waals surface area contributed by atoms with Crippen LogP contribution in [0.15, 0.2) is 12.1 Å². The average molecular weight is 496 g/mol. The van der Waals surface area contributed by atoms with E-state index in [9.17, 15) is 5.11 Å². The Morgan fingerprint density at radius 3 is 2.09 bits per heavy atom. The SMILES string of the molecule is Oc1ccc(I)c(I)c1I.[H-].[Na+]. The van der Waals surface area contributed by atoms with Gasteiger partial charge in [-0.05, 0) is 79.9 Å². The van der Waals surface area contributed by atoms with Crippen molar-refractivity contribution in [2.24, 2.45) is 0 Å². The maximum atomic E-state index is 9.21. The van der Waals surface area contributed by atoms with Gasteiger partial charge in [0.1, 0.15) is 5.75 Å². The first-order valence-corrected chi connectivity index (χ1v) is 5.69. The summed E-state index contributed by atoms with van der Waals surface area (Å²) in [5, 5.41) is 9.21. The second-order valence-corrected chi connectivity index (χ2v) is 5.01. The molecule has 0 amide bonds. The summed E-state index contributed by atoms with van der Waals surface area (Å²) in [4.78, 5) is 0. The zero-order valence-corrected chi connectivity index (χ0v) is 14.2. The summed E-state index contributed by atoms with van der Waals surface area (Å²) in [6, 6.07) is 3.62. The van der Waals surface area contributed by atoms with Gasteiger partial charge in [0.15, 0.2) is 0 Å². The van der Waals surface area contributed by atoms with Crippen molar-refractivity contribution in [2.45, 2.75) is 0 Å². The molecule has 0 aliphatic carbocycles. The molecule has 56 valence electrons. The van der Waals surface area contributed by atoms with E-state index in [1.165, 1.54) is 3.57 Å². The summed E-state index contributed by atoms with van der Waals surface area (Å²) in [6.07, 6.45) is 0. The number of aromatic hydroxyl groups is 1. The minimum Gasteiger partial charge on any atom is -1.00 e. The molecule has 0 aliphatic rings. The molecule has 0 heterocycles. The van der Waals surface area contributed by atoms with Gasteiger partial charge in [0, 0.05) is 7.14 Å². The summed E-state index contributed by atoms with van der Waals surface area (Å²) in [5.41, 5.74) is 0. The van der Waals surface area contributed by atoms with Crippen molar-refractivity contribution < 1.29 is 36.1 Å². The Hall–Kier alpha value is 2.21. The topological polar surface area (TPSA) is 20.2 Å². The van der Waals surface area contributed by atoms with Gasteiger partial charge in [0.2, 0.25) is 0 Å². The number of benzene rings is 1. The molecular weight excluding hydrogens is 492 g/mol. The van der Waals surface area contributed by atoms with Gasteiger partial charge in [-0.1, -0.05) is 0 Å². The van der Waals surface area contributed by atoms with Gasteiger partial charge >= 0.3 is 29.6 Å². The van der Waals surface area contributed by atoms with Crippen LogP contribution < -0.4 is 29.6 Å². The molecule has 1 N–H and O–H groups in total. The molecule has 0 fully saturated rings. The van der Waals surface area contributed by atoms with Crippen LogP contribution in [-0.4, -0.2) is 5.11 Å². The third-order valence-electron chi connectivity index (χ3n) is 1.01. The van der Waals surface area contributed by atoms with Crippen LogP contribution in [0.25, 0.3) is 0 Å². The zero-order valence-electron chi connectivity index (χ0n) is 6.74. The van der Waals surface area contributed by atoms with Crippen molar-refractivity contribution in [3.63, 3.8) is 0 Å². The van der Waals surface area contributed by atoms with Crippen LogP contribution in [0.4, 0.5) is 0 Å². The zero-order chi connectivity index (χ0) is 7.72. The van der Waals surface area contributed by atoms with Crippen LogP contribution in [0.5, 0.6) is 5.75 Å². The average Bonchev–Trinajstić information content (AvgIpc) is 1.93. The molecule has 0 spiro atoms. The van der Waals surface area contributed by atoms with Gasteiger partial charge in [0.25, 0.3) is 0 Å². The fraction of sp³-hybridized carbons (Fsp3) is 0. The van der Waals surface area contributed by atoms with E-state index in [0.29, 0.717) is 5.75 Å². The smallest absolute Gasteiger partial charge is 1.00 e. The molecule has 0 saturated carbocycles. The molecule has 1 aromatic rings. The fourth-order valence-electron chi connectivity index (χ4n) is 0.516. The van der Waals surface area contributed by atoms with Gasteiger partial charge in [-0.15, -0.1) is 0 Å². The van der Waals surface area contributed by atoms with Crippen LogP contribution in [0.2, 0.25) is 0 Å². The molecule has 0 radical (unpaired) electrons. The summed E-state index contributed by atoms with van der Waals surface area (Å²) in [6.45, 7) is 0. The predicted octanol–water partition coefficient (Wildman–Crippen LogP) is 0.322. The monoisotopic (exact) mass is 496 g/mol. The van der Waals surface area contributed by atoms with E-state index in [0.717, 1.165) is 7.14 Å². The van der Waals surface area contributed by atoms with E-state index in [1.54, 1.807) is 6.07 Å². The maximum absolute atomic E-state index is 9.21. The van der Waals surface area contributed by atoms with Crippen molar-refractivity contribution in [2.75, 3.05) is 0 Å². The molecule has 0 bridgehead atoms. The minimum absolute atomic E-state index is 0. The van der Waals surface area contributed by atoms with Crippen LogP contribution in [0.3, 0.4) is 0 Å². The molecule has 1 rings (SSSR count). The van der Waals surface area contributed by atoms with Crippen molar-refractivity contribution in [1.82, 2.24) is 0 Å². The normalized spacial score (nSPS) is 9.00. The van der Waals surface area contributed by atoms with Gasteiger partial charge < -0.3 is 6.53 Å². The van der Waals surface area contributed by atoms with Crippen LogP contribution in [0.1, 0.15) is 1.43 Å². The second kappa shape index (κ2) is 5.84. The Labute approximate surface area is 130 Å². The molecule has 0 aromatic heterocycles. The molecule has 1 aromatic carbocycles. The second-order valence-electron chi connectivity index (χ2n) is 1.69. The molecule has 0 aliphatic heterocycles. The molecule has 11 heavy (non-hydrogen) atoms. The summed E-state index contributed by atoms with van der Waals surface area (Å²) in [5.74, 6) is 0.366. The van der Waals surface area contributed by atoms with Gasteiger partial charge in [-0.3, -0.25) is 0 Å². The number of hydrogen-bond acceptors (Lipinski definition) is 1. The van der Waals surface area contributed by atoms with Crippen LogP contribution >= 0.6 is 67.8 Å². The summed E-state index contributed by atoms with van der Waals surface area (Å²) < 4.78 is 3.24. The van der Waals surface area contributed by atoms with Crippen molar-refractivity contribution in [1.29, 1.82) is 0 Å². The fourth-order valence-corrected chi connectivity index (χ4v) is 2.41. The Kier molecular flexibility index (Phi) is 7.01. The number of phenols is 1. The first-order chi connectivity index (χ1) is 4.63. The van der Waals surface area contributed by atoms with E-state index in [4.69, 9.17) is 0 Å². The Bertz CT molecular complexity index is 242. The molecular formula is C6H4I3NaO. The third-order valence-corrected chi connectivity index (χ3v) is 6.19. The van der Waals surface area contributed by atoms with E-state index < -0.39 is 0 Å². The summed E-state index contributed by atoms with van der Waals surface area (Å²) >= 11 is 6.59. The van der Waals surface area contributed by atoms with Crippen LogP contribution in [0, 0.1) is 10.7 Å². The van der Waals surface area contributed by atoms with Crippen LogP contribution in [-0.2, 0) is 0 Å². The predicted molar refractivity (Wildman–Crippen MR) is 67.4 cm³/mol. The van der Waals surface area contributed by atoms with Crippen molar-refractivity contribution in [3.05, 3.63) is 22.8 Å². The Balaban J connectivity index is 0. The number of rotatable bonds is 0.